The van der Waals surface area contributed by atoms with Crippen molar-refractivity contribution in [3.8, 4) is 0 Å². The van der Waals surface area contributed by atoms with Crippen LogP contribution in [0.4, 0.5) is 0 Å². The molecule has 0 heterocycles. The van der Waals surface area contributed by atoms with Crippen LogP contribution in [-0.2, 0) is 11.1 Å². The summed E-state index contributed by atoms with van der Waals surface area (Å²) in [6.45, 7) is 0.646. The lowest BCUT2D eigenvalue weighted by atomic mass is 9.80. The predicted octanol–water partition coefficient (Wildman–Crippen LogP) is -0.374. The van der Waals surface area contributed by atoms with Gasteiger partial charge in [-0.2, -0.15) is 5.10 Å². The first-order valence-electron chi connectivity index (χ1n) is 6.22. The number of nitrogens with one attached hydrogen (secondary N) is 2. The summed E-state index contributed by atoms with van der Waals surface area (Å²) >= 11 is -1.73. The largest absolute Gasteiger partial charge is 0.384 e. The van der Waals surface area contributed by atoms with E-state index in [4.69, 9.17) is 16.1 Å². The van der Waals surface area contributed by atoms with Gasteiger partial charge in [-0.05, 0) is 25.8 Å². The summed E-state index contributed by atoms with van der Waals surface area (Å²) < 4.78 is 19.3. The third kappa shape index (κ3) is 4.52. The monoisotopic (exact) mass is 277 g/mol. The molecule has 18 heavy (non-hydrogen) atoms. The number of amidine groups is 1. The van der Waals surface area contributed by atoms with Crippen LogP contribution in [0.15, 0.2) is 5.10 Å². The fourth-order valence-electron chi connectivity index (χ4n) is 2.38. The molecular weight excluding hydrogens is 254 g/mol. The van der Waals surface area contributed by atoms with Crippen molar-refractivity contribution in [2.24, 2.45) is 16.7 Å². The van der Waals surface area contributed by atoms with E-state index in [2.05, 4.69) is 16.0 Å². The first-order valence-corrected chi connectivity index (χ1v) is 7.50. The van der Waals surface area contributed by atoms with E-state index in [-0.39, 0.29) is 11.3 Å². The molecule has 0 aliphatic heterocycles. The Morgan fingerprint density at radius 2 is 2.06 bits per heavy atom. The molecule has 1 aliphatic rings. The summed E-state index contributed by atoms with van der Waals surface area (Å²) in [4.78, 5) is 0. The van der Waals surface area contributed by atoms with Gasteiger partial charge in [0.2, 0.25) is 0 Å². The topological polar surface area (TPSA) is 126 Å². The number of hydrazine groups is 1. The lowest BCUT2D eigenvalue weighted by Gasteiger charge is -2.37. The molecule has 1 atom stereocenters. The molecule has 0 radical (unpaired) electrons. The second-order valence-electron chi connectivity index (χ2n) is 4.57. The highest BCUT2D eigenvalue weighted by molar-refractivity contribution is 7.79. The Labute approximate surface area is 110 Å². The molecular formula is C10H23N5O2S. The van der Waals surface area contributed by atoms with Gasteiger partial charge in [0.05, 0.1) is 11.3 Å². The first-order chi connectivity index (χ1) is 8.60. The highest BCUT2D eigenvalue weighted by Crippen LogP contribution is 2.28. The lowest BCUT2D eigenvalue weighted by molar-refractivity contribution is 0.309. The van der Waals surface area contributed by atoms with E-state index in [9.17, 15) is 4.21 Å². The molecule has 0 aromatic carbocycles. The minimum atomic E-state index is -1.73. The maximum absolute atomic E-state index is 10.6. The number of nitrogens with zero attached hydrogens (tertiary/aromatic N) is 1. The molecule has 0 amide bonds. The zero-order chi connectivity index (χ0) is 13.4. The van der Waals surface area contributed by atoms with Crippen molar-refractivity contribution in [2.75, 3.05) is 12.3 Å². The van der Waals surface area contributed by atoms with Crippen LogP contribution in [0.1, 0.15) is 38.5 Å². The molecule has 7 nitrogen and oxygen atoms in total. The van der Waals surface area contributed by atoms with Crippen LogP contribution in [0.25, 0.3) is 0 Å². The van der Waals surface area contributed by atoms with Crippen LogP contribution in [0.3, 0.4) is 0 Å². The molecule has 1 saturated carbocycles. The Bertz CT molecular complexity index is 305. The molecule has 0 saturated heterocycles. The van der Waals surface area contributed by atoms with Gasteiger partial charge < -0.3 is 15.6 Å². The minimum Gasteiger partial charge on any atom is -0.384 e. The minimum absolute atomic E-state index is 0.273. The van der Waals surface area contributed by atoms with Gasteiger partial charge in [0, 0.05) is 0 Å². The Morgan fingerprint density at radius 3 is 2.61 bits per heavy atom. The lowest BCUT2D eigenvalue weighted by Crippen LogP contribution is -2.57. The normalized spacial score (nSPS) is 21.6. The molecule has 1 aliphatic carbocycles. The number of hydrazone groups is 1. The number of hydrogen-bond donors (Lipinski definition) is 5. The van der Waals surface area contributed by atoms with Crippen molar-refractivity contribution < 1.29 is 8.76 Å². The maximum atomic E-state index is 10.6. The summed E-state index contributed by atoms with van der Waals surface area (Å²) in [6, 6.07) is 0. The quantitative estimate of drug-likeness (QED) is 0.108. The van der Waals surface area contributed by atoms with Crippen LogP contribution in [0, 0.1) is 0 Å². The van der Waals surface area contributed by atoms with Gasteiger partial charge in [-0.25, -0.2) is 15.6 Å². The molecule has 1 fully saturated rings. The van der Waals surface area contributed by atoms with E-state index in [0.29, 0.717) is 18.8 Å². The van der Waals surface area contributed by atoms with Gasteiger partial charge in [0.1, 0.15) is 5.84 Å². The van der Waals surface area contributed by atoms with Gasteiger partial charge in [0.25, 0.3) is 0 Å². The number of nitrogens with two attached hydrogens (primary N) is 2. The average molecular weight is 277 g/mol. The van der Waals surface area contributed by atoms with Crippen LogP contribution in [0.5, 0.6) is 0 Å². The standard InChI is InChI=1S/C10H23N5O2S/c11-9(14-15-12)10(5-2-1-3-6-10)13-7-4-8-18(16)17/h13,15H,1-8,12H2,(H2,11,14)(H,16,17). The van der Waals surface area contributed by atoms with Crippen molar-refractivity contribution >= 4 is 16.9 Å². The summed E-state index contributed by atoms with van der Waals surface area (Å²) in [5.74, 6) is 5.91. The summed E-state index contributed by atoms with van der Waals surface area (Å²) in [5, 5.41) is 7.26. The zero-order valence-electron chi connectivity index (χ0n) is 10.5. The van der Waals surface area contributed by atoms with Crippen molar-refractivity contribution in [3.05, 3.63) is 0 Å². The van der Waals surface area contributed by atoms with Gasteiger partial charge in [0.15, 0.2) is 11.1 Å². The summed E-state index contributed by atoms with van der Waals surface area (Å²) in [6.07, 6.45) is 5.87. The molecule has 0 aromatic heterocycles. The van der Waals surface area contributed by atoms with Gasteiger partial charge in [-0.1, -0.05) is 19.3 Å². The fraction of sp³-hybridized carbons (Fsp3) is 0.900. The van der Waals surface area contributed by atoms with E-state index in [1.54, 1.807) is 0 Å². The summed E-state index contributed by atoms with van der Waals surface area (Å²) in [7, 11) is 0. The Kier molecular flexibility index (Phi) is 6.55. The Balaban J connectivity index is 2.55. The third-order valence-electron chi connectivity index (χ3n) is 3.34. The molecule has 1 unspecified atom stereocenters. The van der Waals surface area contributed by atoms with Crippen molar-refractivity contribution in [2.45, 2.75) is 44.1 Å². The van der Waals surface area contributed by atoms with Gasteiger partial charge >= 0.3 is 0 Å². The van der Waals surface area contributed by atoms with E-state index in [1.807, 2.05) is 0 Å². The second kappa shape index (κ2) is 7.67. The highest BCUT2D eigenvalue weighted by Gasteiger charge is 2.35. The molecule has 1 rings (SSSR count). The molecule has 7 N–H and O–H groups in total. The number of rotatable bonds is 7. The molecule has 0 aromatic rings. The maximum Gasteiger partial charge on any atom is 0.152 e. The van der Waals surface area contributed by atoms with Crippen LogP contribution < -0.4 is 22.4 Å². The number of hydrogen-bond acceptors (Lipinski definition) is 5. The Hall–Kier alpha value is -0.700. The SMILES string of the molecule is NN/N=C(\N)C1(NCCCS(=O)O)CCCCC1. The second-order valence-corrected chi connectivity index (χ2v) is 5.63. The van der Waals surface area contributed by atoms with E-state index < -0.39 is 11.1 Å². The van der Waals surface area contributed by atoms with Gasteiger partial charge in [-0.15, -0.1) is 0 Å². The molecule has 0 bridgehead atoms. The first kappa shape index (κ1) is 15.4. The molecule has 106 valence electrons. The molecule has 8 heteroatoms. The van der Waals surface area contributed by atoms with Crippen LogP contribution in [-0.4, -0.2) is 32.4 Å². The van der Waals surface area contributed by atoms with Crippen molar-refractivity contribution in [1.82, 2.24) is 10.9 Å². The van der Waals surface area contributed by atoms with Gasteiger partial charge in [-0.3, -0.25) is 0 Å². The smallest absolute Gasteiger partial charge is 0.152 e. The summed E-state index contributed by atoms with van der Waals surface area (Å²) in [5.41, 5.74) is 7.89. The Morgan fingerprint density at radius 1 is 1.39 bits per heavy atom. The van der Waals surface area contributed by atoms with Crippen LogP contribution >= 0.6 is 0 Å². The zero-order valence-corrected chi connectivity index (χ0v) is 11.3. The highest BCUT2D eigenvalue weighted by atomic mass is 32.2. The van der Waals surface area contributed by atoms with E-state index in [0.717, 1.165) is 25.7 Å². The average Bonchev–Trinajstić information content (AvgIpc) is 2.36. The van der Waals surface area contributed by atoms with Crippen molar-refractivity contribution in [3.63, 3.8) is 0 Å². The van der Waals surface area contributed by atoms with Crippen LogP contribution in [0.2, 0.25) is 0 Å². The fourth-order valence-corrected chi connectivity index (χ4v) is 2.77. The third-order valence-corrected chi connectivity index (χ3v) is 3.98. The van der Waals surface area contributed by atoms with E-state index >= 15 is 0 Å². The van der Waals surface area contributed by atoms with Crippen molar-refractivity contribution in [1.29, 1.82) is 0 Å². The predicted molar refractivity (Wildman–Crippen MR) is 73.0 cm³/mol. The van der Waals surface area contributed by atoms with E-state index in [1.165, 1.54) is 6.42 Å². The molecule has 0 spiro atoms.